The van der Waals surface area contributed by atoms with Gasteiger partial charge in [-0.15, -0.1) is 10.2 Å². The second-order valence-corrected chi connectivity index (χ2v) is 9.38. The number of hydrogen-bond acceptors (Lipinski definition) is 5. The molecule has 0 aliphatic carbocycles. The lowest BCUT2D eigenvalue weighted by Gasteiger charge is -2.36. The molecule has 2 amide bonds. The number of anilines is 1. The smallest absolute Gasteiger partial charge is 0.369 e. The fourth-order valence-corrected chi connectivity index (χ4v) is 4.88. The molecular formula is C24H34F3N7O. The Morgan fingerprint density at radius 1 is 1.09 bits per heavy atom. The third kappa shape index (κ3) is 6.65. The molecule has 1 aromatic carbocycles. The Morgan fingerprint density at radius 2 is 1.83 bits per heavy atom. The SMILES string of the molecule is Cn1cnnc1C1CCN(C(=O)NCCCCN2CCN(c3cccc(C(F)(F)F)c3)CC2)CC1. The minimum atomic E-state index is -4.32. The van der Waals surface area contributed by atoms with Crippen LogP contribution in [0.2, 0.25) is 0 Å². The fourth-order valence-electron chi connectivity index (χ4n) is 4.88. The first-order valence-electron chi connectivity index (χ1n) is 12.3. The van der Waals surface area contributed by atoms with Gasteiger partial charge in [0.25, 0.3) is 0 Å². The summed E-state index contributed by atoms with van der Waals surface area (Å²) in [6.45, 7) is 6.08. The molecule has 35 heavy (non-hydrogen) atoms. The van der Waals surface area contributed by atoms with Crippen molar-refractivity contribution in [3.05, 3.63) is 42.0 Å². The molecule has 0 radical (unpaired) electrons. The van der Waals surface area contributed by atoms with Crippen molar-refractivity contribution < 1.29 is 18.0 Å². The molecular weight excluding hydrogens is 459 g/mol. The van der Waals surface area contributed by atoms with Crippen LogP contribution < -0.4 is 10.2 Å². The number of carbonyl (C=O) groups excluding carboxylic acids is 1. The number of nitrogens with one attached hydrogen (secondary N) is 1. The van der Waals surface area contributed by atoms with Crippen molar-refractivity contribution in [3.8, 4) is 0 Å². The lowest BCUT2D eigenvalue weighted by Crippen LogP contribution is -2.47. The van der Waals surface area contributed by atoms with Gasteiger partial charge in [0.05, 0.1) is 5.56 Å². The lowest BCUT2D eigenvalue weighted by molar-refractivity contribution is -0.137. The predicted octanol–water partition coefficient (Wildman–Crippen LogP) is 3.33. The number of alkyl halides is 3. The zero-order chi connectivity index (χ0) is 24.8. The quantitative estimate of drug-likeness (QED) is 0.600. The van der Waals surface area contributed by atoms with Gasteiger partial charge in [0, 0.05) is 64.5 Å². The van der Waals surface area contributed by atoms with Gasteiger partial charge in [-0.1, -0.05) is 6.07 Å². The predicted molar refractivity (Wildman–Crippen MR) is 127 cm³/mol. The van der Waals surface area contributed by atoms with Gasteiger partial charge >= 0.3 is 12.2 Å². The van der Waals surface area contributed by atoms with E-state index in [4.69, 9.17) is 0 Å². The van der Waals surface area contributed by atoms with E-state index in [1.807, 2.05) is 21.4 Å². The van der Waals surface area contributed by atoms with E-state index in [0.29, 0.717) is 31.2 Å². The van der Waals surface area contributed by atoms with Gasteiger partial charge in [0.1, 0.15) is 12.2 Å². The number of piperazine rings is 1. The first kappa shape index (κ1) is 25.3. The van der Waals surface area contributed by atoms with Crippen molar-refractivity contribution >= 4 is 11.7 Å². The highest BCUT2D eigenvalue weighted by Crippen LogP contribution is 2.32. The van der Waals surface area contributed by atoms with Crippen molar-refractivity contribution in [3.63, 3.8) is 0 Å². The maximum absolute atomic E-state index is 13.0. The van der Waals surface area contributed by atoms with Crippen LogP contribution in [0.3, 0.4) is 0 Å². The molecule has 2 aliphatic rings. The van der Waals surface area contributed by atoms with Crippen LogP contribution in [0.1, 0.15) is 43.0 Å². The molecule has 3 heterocycles. The number of urea groups is 1. The number of unbranched alkanes of at least 4 members (excludes halogenated alkanes) is 1. The average Bonchev–Trinajstić information content (AvgIpc) is 3.29. The number of rotatable bonds is 7. The van der Waals surface area contributed by atoms with Crippen LogP contribution in [0.15, 0.2) is 30.6 Å². The molecule has 8 nitrogen and oxygen atoms in total. The van der Waals surface area contributed by atoms with Gasteiger partial charge in [0.15, 0.2) is 0 Å². The number of likely N-dealkylation sites (tertiary alicyclic amines) is 1. The molecule has 0 atom stereocenters. The topological polar surface area (TPSA) is 69.5 Å². The summed E-state index contributed by atoms with van der Waals surface area (Å²) in [6.07, 6.45) is 1.05. The normalized spacial score (nSPS) is 18.2. The van der Waals surface area contributed by atoms with Crippen molar-refractivity contribution in [2.24, 2.45) is 7.05 Å². The fraction of sp³-hybridized carbons (Fsp3) is 0.625. The van der Waals surface area contributed by atoms with Crippen LogP contribution >= 0.6 is 0 Å². The van der Waals surface area contributed by atoms with Crippen molar-refractivity contribution in [2.45, 2.75) is 37.8 Å². The monoisotopic (exact) mass is 493 g/mol. The molecule has 4 rings (SSSR count). The number of piperidine rings is 1. The van der Waals surface area contributed by atoms with Gasteiger partial charge in [-0.3, -0.25) is 4.90 Å². The van der Waals surface area contributed by atoms with Gasteiger partial charge in [-0.05, 0) is 50.4 Å². The van der Waals surface area contributed by atoms with E-state index in [1.54, 1.807) is 12.4 Å². The molecule has 0 bridgehead atoms. The second-order valence-electron chi connectivity index (χ2n) is 9.38. The van der Waals surface area contributed by atoms with E-state index < -0.39 is 11.7 Å². The van der Waals surface area contributed by atoms with E-state index in [0.717, 1.165) is 70.3 Å². The van der Waals surface area contributed by atoms with Gasteiger partial charge in [-0.25, -0.2) is 4.79 Å². The molecule has 2 fully saturated rings. The van der Waals surface area contributed by atoms with E-state index in [9.17, 15) is 18.0 Å². The zero-order valence-corrected chi connectivity index (χ0v) is 20.2. The molecule has 0 unspecified atom stereocenters. The van der Waals surface area contributed by atoms with Gasteiger partial charge in [0.2, 0.25) is 0 Å². The maximum Gasteiger partial charge on any atom is 0.416 e. The van der Waals surface area contributed by atoms with Crippen molar-refractivity contribution in [2.75, 3.05) is 57.3 Å². The first-order valence-corrected chi connectivity index (χ1v) is 12.3. The number of carbonyl (C=O) groups is 1. The van der Waals surface area contributed by atoms with Crippen LogP contribution in [0.4, 0.5) is 23.7 Å². The molecule has 2 aliphatic heterocycles. The summed E-state index contributed by atoms with van der Waals surface area (Å²) in [4.78, 5) is 18.7. The molecule has 1 N–H and O–H groups in total. The molecule has 2 aromatic rings. The summed E-state index contributed by atoms with van der Waals surface area (Å²) in [5.41, 5.74) is 0.0251. The number of amides is 2. The molecule has 0 saturated carbocycles. The maximum atomic E-state index is 13.0. The Hall–Kier alpha value is -2.82. The molecule has 1 aromatic heterocycles. The van der Waals surface area contributed by atoms with E-state index in [2.05, 4.69) is 20.4 Å². The minimum absolute atomic E-state index is 0.00360. The van der Waals surface area contributed by atoms with E-state index in [1.165, 1.54) is 12.1 Å². The summed E-state index contributed by atoms with van der Waals surface area (Å²) >= 11 is 0. The number of nitrogens with zero attached hydrogens (tertiary/aromatic N) is 6. The third-order valence-electron chi connectivity index (χ3n) is 6.98. The van der Waals surface area contributed by atoms with Crippen LogP contribution in [0, 0.1) is 0 Å². The third-order valence-corrected chi connectivity index (χ3v) is 6.98. The highest BCUT2D eigenvalue weighted by molar-refractivity contribution is 5.74. The Morgan fingerprint density at radius 3 is 2.49 bits per heavy atom. The van der Waals surface area contributed by atoms with Gasteiger partial charge in [-0.2, -0.15) is 13.2 Å². The summed E-state index contributed by atoms with van der Waals surface area (Å²) in [6, 6.07) is 5.55. The molecule has 2 saturated heterocycles. The highest BCUT2D eigenvalue weighted by Gasteiger charge is 2.31. The first-order chi connectivity index (χ1) is 16.8. The van der Waals surface area contributed by atoms with E-state index in [-0.39, 0.29) is 6.03 Å². The van der Waals surface area contributed by atoms with Crippen molar-refractivity contribution in [1.29, 1.82) is 0 Å². The van der Waals surface area contributed by atoms with Crippen LogP contribution in [0.25, 0.3) is 0 Å². The second kappa shape index (κ2) is 11.3. The summed E-state index contributed by atoms with van der Waals surface area (Å²) in [7, 11) is 1.95. The average molecular weight is 494 g/mol. The van der Waals surface area contributed by atoms with E-state index >= 15 is 0 Å². The number of aryl methyl sites for hydroxylation is 1. The molecule has 192 valence electrons. The summed E-state index contributed by atoms with van der Waals surface area (Å²) in [5.74, 6) is 1.33. The summed E-state index contributed by atoms with van der Waals surface area (Å²) in [5, 5.41) is 11.2. The standard InChI is InChI=1S/C24H34F3N7O/c1-31-18-29-30-22(31)19-7-11-34(12-8-19)23(35)28-9-2-3-10-32-13-15-33(16-14-32)21-6-4-5-20(17-21)24(25,26)27/h4-6,17-19H,2-3,7-16H2,1H3,(H,28,35). The summed E-state index contributed by atoms with van der Waals surface area (Å²) < 4.78 is 40.9. The number of benzene rings is 1. The van der Waals surface area contributed by atoms with Crippen molar-refractivity contribution in [1.82, 2.24) is 29.9 Å². The van der Waals surface area contributed by atoms with Crippen LogP contribution in [-0.2, 0) is 13.2 Å². The zero-order valence-electron chi connectivity index (χ0n) is 20.2. The van der Waals surface area contributed by atoms with Crippen LogP contribution in [-0.4, -0.2) is 83.0 Å². The number of halogens is 3. The Kier molecular flexibility index (Phi) is 8.15. The molecule has 0 spiro atoms. The number of hydrogen-bond donors (Lipinski definition) is 1. The largest absolute Gasteiger partial charge is 0.416 e. The Balaban J connectivity index is 1.09. The molecule has 11 heteroatoms. The lowest BCUT2D eigenvalue weighted by atomic mass is 9.96. The number of aromatic nitrogens is 3. The Labute approximate surface area is 204 Å². The minimum Gasteiger partial charge on any atom is -0.369 e. The van der Waals surface area contributed by atoms with Gasteiger partial charge < -0.3 is 19.7 Å². The Bertz CT molecular complexity index is 964. The van der Waals surface area contributed by atoms with Crippen LogP contribution in [0.5, 0.6) is 0 Å². The highest BCUT2D eigenvalue weighted by atomic mass is 19.4.